The van der Waals surface area contributed by atoms with Crippen LogP contribution in [-0.4, -0.2) is 11.0 Å². The van der Waals surface area contributed by atoms with E-state index in [0.717, 1.165) is 30.5 Å². The van der Waals surface area contributed by atoms with Gasteiger partial charge in [-0.2, -0.15) is 0 Å². The molecule has 0 aliphatic heterocycles. The lowest BCUT2D eigenvalue weighted by molar-refractivity contribution is 0.266. The van der Waals surface area contributed by atoms with Crippen molar-refractivity contribution in [3.05, 3.63) is 45.4 Å². The standard InChI is InChI=1S/C14H19N3O/c1-2-10-8-5-9(15)7-14(10,16)11-3-4-13(18)17-12(11)6-8/h2-4,8-9H,5-7,15-16H2,1H3,(H,17,18)/b10-2+/t8-,9+,14+/m1/s1. The lowest BCUT2D eigenvalue weighted by Crippen LogP contribution is -2.54. The van der Waals surface area contributed by atoms with Gasteiger partial charge in [-0.3, -0.25) is 4.79 Å². The summed E-state index contributed by atoms with van der Waals surface area (Å²) in [7, 11) is 0. The maximum absolute atomic E-state index is 11.4. The van der Waals surface area contributed by atoms with Gasteiger partial charge in [0.15, 0.2) is 0 Å². The van der Waals surface area contributed by atoms with Crippen molar-refractivity contribution in [2.24, 2.45) is 17.4 Å². The van der Waals surface area contributed by atoms with Crippen molar-refractivity contribution in [2.75, 3.05) is 0 Å². The zero-order valence-electron chi connectivity index (χ0n) is 10.6. The van der Waals surface area contributed by atoms with Crippen molar-refractivity contribution >= 4 is 0 Å². The van der Waals surface area contributed by atoms with E-state index in [4.69, 9.17) is 11.5 Å². The van der Waals surface area contributed by atoms with Gasteiger partial charge in [-0.1, -0.05) is 6.08 Å². The Bertz CT molecular complexity index is 575. The highest BCUT2D eigenvalue weighted by Gasteiger charge is 2.46. The van der Waals surface area contributed by atoms with Gasteiger partial charge in [0.05, 0.1) is 5.54 Å². The fraction of sp³-hybridized carbons (Fsp3) is 0.500. The topological polar surface area (TPSA) is 84.9 Å². The lowest BCUT2D eigenvalue weighted by atomic mass is 9.61. The first kappa shape index (κ1) is 11.7. The van der Waals surface area contributed by atoms with Crippen molar-refractivity contribution in [2.45, 2.75) is 37.8 Å². The monoisotopic (exact) mass is 245 g/mol. The van der Waals surface area contributed by atoms with Crippen LogP contribution in [0.25, 0.3) is 0 Å². The van der Waals surface area contributed by atoms with Crippen LogP contribution in [0, 0.1) is 5.92 Å². The first-order chi connectivity index (χ1) is 8.54. The molecule has 5 N–H and O–H groups in total. The molecule has 1 heterocycles. The van der Waals surface area contributed by atoms with Crippen LogP contribution in [0.5, 0.6) is 0 Å². The minimum Gasteiger partial charge on any atom is -0.328 e. The predicted molar refractivity (Wildman–Crippen MR) is 71.1 cm³/mol. The highest BCUT2D eigenvalue weighted by atomic mass is 16.1. The fourth-order valence-corrected chi connectivity index (χ4v) is 3.77. The molecule has 2 aliphatic carbocycles. The Balaban J connectivity index is 2.23. The molecule has 96 valence electrons. The third kappa shape index (κ3) is 1.49. The van der Waals surface area contributed by atoms with Crippen molar-refractivity contribution in [1.29, 1.82) is 0 Å². The normalized spacial score (nSPS) is 36.5. The second-order valence-corrected chi connectivity index (χ2v) is 5.53. The molecule has 1 aromatic rings. The molecule has 1 aromatic heterocycles. The number of nitrogens with two attached hydrogens (primary N) is 2. The number of allylic oxidation sites excluding steroid dienone is 1. The van der Waals surface area contributed by atoms with E-state index in [1.807, 2.05) is 13.0 Å². The second kappa shape index (κ2) is 3.80. The van der Waals surface area contributed by atoms with Gasteiger partial charge in [0.25, 0.3) is 0 Å². The number of rotatable bonds is 0. The Morgan fingerprint density at radius 3 is 3.00 bits per heavy atom. The summed E-state index contributed by atoms with van der Waals surface area (Å²) < 4.78 is 0. The molecule has 0 aromatic carbocycles. The fourth-order valence-electron chi connectivity index (χ4n) is 3.77. The molecule has 3 atom stereocenters. The number of nitrogens with one attached hydrogen (secondary N) is 1. The zero-order valence-corrected chi connectivity index (χ0v) is 10.6. The smallest absolute Gasteiger partial charge is 0.248 e. The van der Waals surface area contributed by atoms with Crippen molar-refractivity contribution in [3.63, 3.8) is 0 Å². The number of H-pyrrole nitrogens is 1. The van der Waals surface area contributed by atoms with Crippen LogP contribution >= 0.6 is 0 Å². The van der Waals surface area contributed by atoms with Gasteiger partial charge in [0, 0.05) is 17.8 Å². The molecule has 0 unspecified atom stereocenters. The molecule has 0 spiro atoms. The first-order valence-electron chi connectivity index (χ1n) is 6.48. The van der Waals surface area contributed by atoms with E-state index < -0.39 is 5.54 Å². The Morgan fingerprint density at radius 2 is 2.28 bits per heavy atom. The lowest BCUT2D eigenvalue weighted by Gasteiger charge is -2.48. The zero-order chi connectivity index (χ0) is 12.9. The molecule has 3 rings (SSSR count). The van der Waals surface area contributed by atoms with Gasteiger partial charge >= 0.3 is 0 Å². The molecule has 4 heteroatoms. The molecule has 0 saturated heterocycles. The quantitative estimate of drug-likeness (QED) is 0.590. The number of aromatic amines is 1. The van der Waals surface area contributed by atoms with Crippen molar-refractivity contribution in [3.8, 4) is 0 Å². The van der Waals surface area contributed by atoms with Gasteiger partial charge in [-0.15, -0.1) is 0 Å². The summed E-state index contributed by atoms with van der Waals surface area (Å²) in [5, 5.41) is 0. The highest BCUT2D eigenvalue weighted by molar-refractivity contribution is 5.45. The van der Waals surface area contributed by atoms with Crippen LogP contribution in [0.4, 0.5) is 0 Å². The van der Waals surface area contributed by atoms with E-state index in [1.54, 1.807) is 6.07 Å². The number of hydrogen-bond donors (Lipinski definition) is 3. The van der Waals surface area contributed by atoms with Crippen LogP contribution in [0.1, 0.15) is 31.0 Å². The minimum absolute atomic E-state index is 0.0522. The van der Waals surface area contributed by atoms with E-state index in [9.17, 15) is 4.79 Å². The minimum atomic E-state index is -0.491. The number of fused-ring (bicyclic) bond motifs is 4. The van der Waals surface area contributed by atoms with E-state index >= 15 is 0 Å². The molecule has 2 aliphatic rings. The van der Waals surface area contributed by atoms with Gasteiger partial charge < -0.3 is 16.5 Å². The van der Waals surface area contributed by atoms with Crippen LogP contribution in [-0.2, 0) is 12.0 Å². The molecular weight excluding hydrogens is 226 g/mol. The summed E-state index contributed by atoms with van der Waals surface area (Å²) in [6.45, 7) is 2.04. The van der Waals surface area contributed by atoms with Crippen LogP contribution in [0.3, 0.4) is 0 Å². The Labute approximate surface area is 106 Å². The summed E-state index contributed by atoms with van der Waals surface area (Å²) in [4.78, 5) is 14.4. The van der Waals surface area contributed by atoms with Gasteiger partial charge in [-0.05, 0) is 49.3 Å². The maximum Gasteiger partial charge on any atom is 0.248 e. The van der Waals surface area contributed by atoms with Crippen molar-refractivity contribution in [1.82, 2.24) is 4.98 Å². The van der Waals surface area contributed by atoms with E-state index in [-0.39, 0.29) is 11.6 Å². The summed E-state index contributed by atoms with van der Waals surface area (Å²) in [5.74, 6) is 0.370. The van der Waals surface area contributed by atoms with Gasteiger partial charge in [-0.25, -0.2) is 0 Å². The SMILES string of the molecule is C/C=C1\[C@H]2Cc3[nH]c(=O)ccc3[C@]1(N)C[C@@H](N)C2. The molecule has 1 saturated carbocycles. The molecule has 4 nitrogen and oxygen atoms in total. The van der Waals surface area contributed by atoms with Gasteiger partial charge in [0.2, 0.25) is 5.56 Å². The van der Waals surface area contributed by atoms with Crippen molar-refractivity contribution < 1.29 is 0 Å². The van der Waals surface area contributed by atoms with E-state index in [1.165, 1.54) is 5.57 Å². The van der Waals surface area contributed by atoms with Gasteiger partial charge in [0.1, 0.15) is 0 Å². The maximum atomic E-state index is 11.4. The van der Waals surface area contributed by atoms with E-state index in [0.29, 0.717) is 5.92 Å². The molecule has 0 amide bonds. The molecule has 0 radical (unpaired) electrons. The predicted octanol–water partition coefficient (Wildman–Crippen LogP) is 0.769. The third-order valence-corrected chi connectivity index (χ3v) is 4.37. The highest BCUT2D eigenvalue weighted by Crippen LogP contribution is 2.47. The number of hydrogen-bond acceptors (Lipinski definition) is 3. The summed E-state index contributed by atoms with van der Waals surface area (Å²) in [5.41, 5.74) is 15.5. The Morgan fingerprint density at radius 1 is 1.50 bits per heavy atom. The molecule has 1 fully saturated rings. The number of pyridine rings is 1. The third-order valence-electron chi connectivity index (χ3n) is 4.37. The summed E-state index contributed by atoms with van der Waals surface area (Å²) >= 11 is 0. The van der Waals surface area contributed by atoms with E-state index in [2.05, 4.69) is 11.1 Å². The summed E-state index contributed by atoms with van der Waals surface area (Å²) in [6.07, 6.45) is 4.68. The second-order valence-electron chi connectivity index (χ2n) is 5.53. The molecule has 2 bridgehead atoms. The average molecular weight is 245 g/mol. The molecular formula is C14H19N3O. The summed E-state index contributed by atoms with van der Waals surface area (Å²) in [6, 6.07) is 3.57. The first-order valence-corrected chi connectivity index (χ1v) is 6.48. The van der Waals surface area contributed by atoms with Crippen LogP contribution in [0.2, 0.25) is 0 Å². The Kier molecular flexibility index (Phi) is 2.47. The largest absolute Gasteiger partial charge is 0.328 e. The van der Waals surface area contributed by atoms with Crippen LogP contribution < -0.4 is 17.0 Å². The average Bonchev–Trinajstić information content (AvgIpc) is 2.26. The molecule has 18 heavy (non-hydrogen) atoms. The Hall–Kier alpha value is -1.39. The number of aromatic nitrogens is 1. The van der Waals surface area contributed by atoms with Crippen LogP contribution in [0.15, 0.2) is 28.6 Å².